The molecule has 1 aliphatic rings. The molecule has 1 aromatic heterocycles. The first-order chi connectivity index (χ1) is 19.8. The lowest BCUT2D eigenvalue weighted by molar-refractivity contribution is 1.17. The van der Waals surface area contributed by atoms with E-state index in [2.05, 4.69) is 155 Å². The lowest BCUT2D eigenvalue weighted by Gasteiger charge is -2.34. The average Bonchev–Trinajstić information content (AvgIpc) is 3.35. The van der Waals surface area contributed by atoms with Gasteiger partial charge in [0.25, 0.3) is 0 Å². The molecule has 0 saturated heterocycles. The number of benzene rings is 7. The van der Waals surface area contributed by atoms with E-state index in [4.69, 9.17) is 0 Å². The van der Waals surface area contributed by atoms with Crippen molar-refractivity contribution in [2.45, 2.75) is 0 Å². The van der Waals surface area contributed by atoms with E-state index in [9.17, 15) is 0 Å². The number of rotatable bonds is 2. The summed E-state index contributed by atoms with van der Waals surface area (Å²) in [5, 5.41) is 7.64. The van der Waals surface area contributed by atoms with Crippen LogP contribution in [0.25, 0.3) is 60.2 Å². The number of hydrogen-bond donors (Lipinski definition) is 0. The molecule has 0 N–H and O–H groups in total. The zero-order valence-corrected chi connectivity index (χ0v) is 21.8. The molecule has 0 bridgehead atoms. The van der Waals surface area contributed by atoms with Crippen LogP contribution in [0.1, 0.15) is 0 Å². The van der Waals surface area contributed by atoms with Crippen molar-refractivity contribution >= 4 is 60.4 Å². The molecule has 0 amide bonds. The van der Waals surface area contributed by atoms with E-state index >= 15 is 0 Å². The van der Waals surface area contributed by atoms with Gasteiger partial charge in [-0.1, -0.05) is 91.0 Å². The van der Waals surface area contributed by atoms with Crippen molar-refractivity contribution in [1.82, 2.24) is 4.57 Å². The third kappa shape index (κ3) is 2.93. The first kappa shape index (κ1) is 21.6. The van der Waals surface area contributed by atoms with Gasteiger partial charge in [-0.2, -0.15) is 0 Å². The Kier molecular flexibility index (Phi) is 4.36. The summed E-state index contributed by atoms with van der Waals surface area (Å²) >= 11 is 0. The maximum atomic E-state index is 2.44. The van der Waals surface area contributed by atoms with Crippen LogP contribution in [-0.2, 0) is 0 Å². The third-order valence-corrected chi connectivity index (χ3v) is 8.46. The highest BCUT2D eigenvalue weighted by Crippen LogP contribution is 2.51. The van der Waals surface area contributed by atoms with Crippen molar-refractivity contribution in [1.29, 1.82) is 0 Å². The van der Waals surface area contributed by atoms with Crippen LogP contribution in [0.3, 0.4) is 0 Å². The Labute approximate surface area is 232 Å². The summed E-state index contributed by atoms with van der Waals surface area (Å²) in [6.07, 6.45) is 0. The standard InChI is InChI=1S/C38H24N2/c1-2-10-27-24-37-33(23-26(27)9-1)32-15-7-11-25-12-8-18-36(38(25)32)40(37)29-21-19-28(20-22-29)39-34-16-5-3-13-30(34)31-14-4-6-17-35(31)39/h1-24H. The predicted octanol–water partition coefficient (Wildman–Crippen LogP) is 10.5. The van der Waals surface area contributed by atoms with Crippen LogP contribution >= 0.6 is 0 Å². The van der Waals surface area contributed by atoms with Crippen LogP contribution in [0.4, 0.5) is 17.1 Å². The fourth-order valence-electron chi connectivity index (χ4n) is 6.72. The summed E-state index contributed by atoms with van der Waals surface area (Å²) in [7, 11) is 0. The Hall–Kier alpha value is -5.34. The van der Waals surface area contributed by atoms with E-state index in [0.717, 1.165) is 11.4 Å². The average molecular weight is 509 g/mol. The zero-order chi connectivity index (χ0) is 26.2. The second kappa shape index (κ2) is 8.08. The van der Waals surface area contributed by atoms with Gasteiger partial charge in [0.15, 0.2) is 0 Å². The van der Waals surface area contributed by atoms with Crippen LogP contribution in [0.15, 0.2) is 146 Å². The van der Waals surface area contributed by atoms with Gasteiger partial charge in [0.05, 0.1) is 22.4 Å². The normalized spacial score (nSPS) is 12.4. The lowest BCUT2D eigenvalue weighted by atomic mass is 9.89. The minimum absolute atomic E-state index is 1.16. The summed E-state index contributed by atoms with van der Waals surface area (Å²) in [5.41, 5.74) is 9.78. The van der Waals surface area contributed by atoms with Crippen molar-refractivity contribution < 1.29 is 0 Å². The van der Waals surface area contributed by atoms with Crippen molar-refractivity contribution in [3.63, 3.8) is 0 Å². The summed E-state index contributed by atoms with van der Waals surface area (Å²) in [5.74, 6) is 0. The number of anilines is 3. The summed E-state index contributed by atoms with van der Waals surface area (Å²) in [6.45, 7) is 0. The van der Waals surface area contributed by atoms with Crippen LogP contribution < -0.4 is 4.90 Å². The molecular formula is C38H24N2. The van der Waals surface area contributed by atoms with Crippen molar-refractivity contribution in [3.05, 3.63) is 146 Å². The van der Waals surface area contributed by atoms with Gasteiger partial charge >= 0.3 is 0 Å². The molecule has 2 heterocycles. The van der Waals surface area contributed by atoms with Gasteiger partial charge in [0.1, 0.15) is 0 Å². The van der Waals surface area contributed by atoms with Gasteiger partial charge in [-0.3, -0.25) is 0 Å². The molecule has 8 aromatic rings. The highest BCUT2D eigenvalue weighted by atomic mass is 15.2. The minimum Gasteiger partial charge on any atom is -0.309 e. The molecule has 0 atom stereocenters. The third-order valence-electron chi connectivity index (χ3n) is 8.46. The highest BCUT2D eigenvalue weighted by Gasteiger charge is 2.26. The Bertz CT molecular complexity index is 2210. The van der Waals surface area contributed by atoms with Gasteiger partial charge in [0.2, 0.25) is 0 Å². The van der Waals surface area contributed by atoms with Crippen molar-refractivity contribution in [2.75, 3.05) is 4.90 Å². The lowest BCUT2D eigenvalue weighted by Crippen LogP contribution is -2.15. The van der Waals surface area contributed by atoms with Gasteiger partial charge < -0.3 is 9.47 Å². The van der Waals surface area contributed by atoms with E-state index < -0.39 is 0 Å². The quantitative estimate of drug-likeness (QED) is 0.225. The van der Waals surface area contributed by atoms with E-state index in [-0.39, 0.29) is 0 Å². The zero-order valence-electron chi connectivity index (χ0n) is 21.8. The number of para-hydroxylation sites is 2. The molecule has 9 rings (SSSR count). The summed E-state index contributed by atoms with van der Waals surface area (Å²) < 4.78 is 2.38. The Balaban J connectivity index is 1.28. The van der Waals surface area contributed by atoms with Crippen LogP contribution in [0.2, 0.25) is 0 Å². The SMILES string of the molecule is c1ccc2cc3c(cc2c1)-c1cccc2cccc(c12)N3c1ccc(-n2c3ccccc3c3ccccc32)cc1. The van der Waals surface area contributed by atoms with Gasteiger partial charge in [-0.15, -0.1) is 0 Å². The molecule has 40 heavy (non-hydrogen) atoms. The number of fused-ring (bicyclic) bond motifs is 6. The predicted molar refractivity (Wildman–Crippen MR) is 169 cm³/mol. The van der Waals surface area contributed by atoms with Crippen LogP contribution in [0.5, 0.6) is 0 Å². The maximum Gasteiger partial charge on any atom is 0.0546 e. The molecule has 1 aliphatic heterocycles. The molecule has 2 heteroatoms. The highest BCUT2D eigenvalue weighted by molar-refractivity contribution is 6.15. The van der Waals surface area contributed by atoms with Crippen LogP contribution in [0, 0.1) is 0 Å². The molecular weight excluding hydrogens is 484 g/mol. The van der Waals surface area contributed by atoms with Crippen LogP contribution in [-0.4, -0.2) is 4.57 Å². The van der Waals surface area contributed by atoms with E-state index in [1.807, 2.05) is 0 Å². The Morgan fingerprint density at radius 3 is 1.68 bits per heavy atom. The molecule has 0 saturated carbocycles. The molecule has 0 unspecified atom stereocenters. The van der Waals surface area contributed by atoms with Gasteiger partial charge in [-0.05, 0) is 76.3 Å². The molecule has 186 valence electrons. The first-order valence-corrected chi connectivity index (χ1v) is 13.8. The molecule has 0 radical (unpaired) electrons. The molecule has 2 nitrogen and oxygen atoms in total. The van der Waals surface area contributed by atoms with E-state index in [1.165, 1.54) is 65.9 Å². The fraction of sp³-hybridized carbons (Fsp3) is 0. The van der Waals surface area contributed by atoms with E-state index in [0.29, 0.717) is 0 Å². The number of aromatic nitrogens is 1. The minimum atomic E-state index is 1.16. The topological polar surface area (TPSA) is 8.17 Å². The maximum absolute atomic E-state index is 2.44. The smallest absolute Gasteiger partial charge is 0.0546 e. The molecule has 0 fully saturated rings. The Morgan fingerprint density at radius 1 is 0.375 bits per heavy atom. The van der Waals surface area contributed by atoms with Crippen molar-refractivity contribution in [2.24, 2.45) is 0 Å². The van der Waals surface area contributed by atoms with Crippen molar-refractivity contribution in [3.8, 4) is 16.8 Å². The van der Waals surface area contributed by atoms with Gasteiger partial charge in [-0.25, -0.2) is 0 Å². The second-order valence-electron chi connectivity index (χ2n) is 10.6. The van der Waals surface area contributed by atoms with E-state index in [1.54, 1.807) is 0 Å². The molecule has 0 aliphatic carbocycles. The Morgan fingerprint density at radius 2 is 0.950 bits per heavy atom. The summed E-state index contributed by atoms with van der Waals surface area (Å²) in [6, 6.07) is 53.1. The summed E-state index contributed by atoms with van der Waals surface area (Å²) in [4.78, 5) is 2.44. The largest absolute Gasteiger partial charge is 0.309 e. The monoisotopic (exact) mass is 508 g/mol. The molecule has 0 spiro atoms. The first-order valence-electron chi connectivity index (χ1n) is 13.8. The second-order valence-corrected chi connectivity index (χ2v) is 10.6. The number of hydrogen-bond acceptors (Lipinski definition) is 1. The molecule has 7 aromatic carbocycles. The number of nitrogens with zero attached hydrogens (tertiary/aromatic N) is 2. The van der Waals surface area contributed by atoms with Gasteiger partial charge in [0, 0.05) is 33.1 Å². The fourth-order valence-corrected chi connectivity index (χ4v) is 6.72.